The summed E-state index contributed by atoms with van der Waals surface area (Å²) < 4.78 is 4.11. The third-order valence-corrected chi connectivity index (χ3v) is 5.90. The Bertz CT molecular complexity index is 23.4. The minimum absolute atomic E-state index is 0.187. The molecule has 0 amide bonds. The fourth-order valence-electron chi connectivity index (χ4n) is 0.677. The number of rotatable bonds is 4. The van der Waals surface area contributed by atoms with Gasteiger partial charge in [-0.1, -0.05) is 0 Å². The van der Waals surface area contributed by atoms with Crippen LogP contribution in [0.5, 0.6) is 0 Å². The molecule has 0 aliphatic carbocycles. The maximum atomic E-state index is 2.47. The summed E-state index contributed by atoms with van der Waals surface area (Å²) in [6.07, 6.45) is 4.41. The van der Waals surface area contributed by atoms with Crippen molar-refractivity contribution in [1.82, 2.24) is 0 Å². The van der Waals surface area contributed by atoms with Crippen molar-refractivity contribution in [3.8, 4) is 0 Å². The average Bonchev–Trinajstić information content (AvgIpc) is 1.69. The third kappa shape index (κ3) is 6.94. The first-order valence-corrected chi connectivity index (χ1v) is 12.8. The Labute approximate surface area is 59.1 Å². The molecule has 0 heterocycles. The summed E-state index contributed by atoms with van der Waals surface area (Å²) in [5.41, 5.74) is 0. The number of unbranched alkanes of at least 4 members (excludes halogenated alkanes) is 2. The van der Waals surface area contributed by atoms with Crippen molar-refractivity contribution in [2.24, 2.45) is 0 Å². The van der Waals surface area contributed by atoms with E-state index in [4.69, 9.17) is 0 Å². The molecule has 0 rings (SSSR count). The second-order valence-electron chi connectivity index (χ2n) is 2.06. The first-order chi connectivity index (χ1) is 3.41. The summed E-state index contributed by atoms with van der Waals surface area (Å²) in [5.74, 6) is 0. The van der Waals surface area contributed by atoms with Crippen molar-refractivity contribution < 1.29 is 24.6 Å². The summed E-state index contributed by atoms with van der Waals surface area (Å²) in [6, 6.07) is 0. The van der Waals surface area contributed by atoms with Crippen molar-refractivity contribution in [3.05, 3.63) is 0 Å². The molecular formula is C6H14Hg. The molecule has 1 heteroatoms. The van der Waals surface area contributed by atoms with Gasteiger partial charge in [-0.3, -0.25) is 0 Å². The maximum absolute atomic E-state index is 2.47. The van der Waals surface area contributed by atoms with Gasteiger partial charge in [-0.05, 0) is 0 Å². The standard InChI is InChI=1S/C5H11.CH3.Hg/c1-3-5-4-2;;/h1,3-5H2,2H3;1H3;. The van der Waals surface area contributed by atoms with Gasteiger partial charge < -0.3 is 0 Å². The average molecular weight is 287 g/mol. The molecule has 0 aromatic heterocycles. The molecule has 0 spiro atoms. The van der Waals surface area contributed by atoms with Crippen LogP contribution in [0.25, 0.3) is 0 Å². The first kappa shape index (κ1) is 7.94. The Kier molecular flexibility index (Phi) is 7.86. The molecular weight excluding hydrogens is 273 g/mol. The SMILES string of the molecule is CCCC[CH2][Hg][CH3]. The Morgan fingerprint density at radius 3 is 2.43 bits per heavy atom. The molecule has 0 saturated carbocycles. The molecule has 0 aromatic carbocycles. The van der Waals surface area contributed by atoms with Crippen LogP contribution in [0.2, 0.25) is 8.36 Å². The van der Waals surface area contributed by atoms with E-state index in [1.54, 1.807) is 3.93 Å². The van der Waals surface area contributed by atoms with Gasteiger partial charge in [0.15, 0.2) is 0 Å². The van der Waals surface area contributed by atoms with E-state index in [2.05, 4.69) is 11.4 Å². The van der Waals surface area contributed by atoms with Crippen LogP contribution in [-0.4, -0.2) is 0 Å². The summed E-state index contributed by atoms with van der Waals surface area (Å²) >= 11 is -0.187. The Morgan fingerprint density at radius 1 is 1.29 bits per heavy atom. The first-order valence-electron chi connectivity index (χ1n) is 3.41. The molecule has 0 unspecified atom stereocenters. The van der Waals surface area contributed by atoms with Gasteiger partial charge in [-0.15, -0.1) is 0 Å². The molecule has 0 atom stereocenters. The van der Waals surface area contributed by atoms with Crippen LogP contribution < -0.4 is 0 Å². The monoisotopic (exact) mass is 288 g/mol. The van der Waals surface area contributed by atoms with E-state index in [-0.39, 0.29) is 24.6 Å². The van der Waals surface area contributed by atoms with Gasteiger partial charge in [-0.2, -0.15) is 0 Å². The minimum atomic E-state index is -0.187. The van der Waals surface area contributed by atoms with Gasteiger partial charge in [0.25, 0.3) is 0 Å². The van der Waals surface area contributed by atoms with Crippen molar-refractivity contribution in [1.29, 1.82) is 0 Å². The van der Waals surface area contributed by atoms with Crippen LogP contribution in [0.15, 0.2) is 0 Å². The van der Waals surface area contributed by atoms with E-state index in [1.807, 2.05) is 0 Å². The fraction of sp³-hybridized carbons (Fsp3) is 1.00. The van der Waals surface area contributed by atoms with Crippen molar-refractivity contribution in [3.63, 3.8) is 0 Å². The van der Waals surface area contributed by atoms with Crippen LogP contribution in [0.1, 0.15) is 26.2 Å². The Hall–Kier alpha value is 0.935. The third-order valence-electron chi connectivity index (χ3n) is 1.21. The molecule has 0 fully saturated rings. The van der Waals surface area contributed by atoms with Gasteiger partial charge in [0, 0.05) is 0 Å². The second kappa shape index (κ2) is 6.94. The van der Waals surface area contributed by atoms with E-state index in [0.717, 1.165) is 0 Å². The molecule has 0 aliphatic rings. The molecule has 0 N–H and O–H groups in total. The molecule has 40 valence electrons. The van der Waals surface area contributed by atoms with Crippen LogP contribution in [0, 0.1) is 0 Å². The van der Waals surface area contributed by atoms with Crippen molar-refractivity contribution >= 4 is 0 Å². The summed E-state index contributed by atoms with van der Waals surface area (Å²) in [6.45, 7) is 2.27. The summed E-state index contributed by atoms with van der Waals surface area (Å²) in [7, 11) is 0. The van der Waals surface area contributed by atoms with E-state index in [0.29, 0.717) is 0 Å². The summed E-state index contributed by atoms with van der Waals surface area (Å²) in [5, 5.41) is 0. The van der Waals surface area contributed by atoms with Gasteiger partial charge in [0.05, 0.1) is 0 Å². The molecule has 0 nitrogen and oxygen atoms in total. The van der Waals surface area contributed by atoms with Crippen LogP contribution in [-0.2, 0) is 24.6 Å². The van der Waals surface area contributed by atoms with Gasteiger partial charge >= 0.3 is 59.1 Å². The number of hydrogen-bond donors (Lipinski definition) is 0. The van der Waals surface area contributed by atoms with Crippen molar-refractivity contribution in [2.75, 3.05) is 0 Å². The molecule has 7 heavy (non-hydrogen) atoms. The predicted molar refractivity (Wildman–Crippen MR) is 30.2 cm³/mol. The van der Waals surface area contributed by atoms with Crippen LogP contribution in [0.4, 0.5) is 0 Å². The fourth-order valence-corrected chi connectivity index (χ4v) is 3.99. The zero-order valence-corrected chi connectivity index (χ0v) is 11.0. The summed E-state index contributed by atoms with van der Waals surface area (Å²) in [4.78, 5) is 0. The van der Waals surface area contributed by atoms with E-state index >= 15 is 0 Å². The quantitative estimate of drug-likeness (QED) is 0.551. The number of hydrogen-bond acceptors (Lipinski definition) is 0. The van der Waals surface area contributed by atoms with Gasteiger partial charge in [0.2, 0.25) is 0 Å². The topological polar surface area (TPSA) is 0 Å². The Morgan fingerprint density at radius 2 is 2.00 bits per heavy atom. The molecule has 0 bridgehead atoms. The Balaban J connectivity index is 2.45. The van der Waals surface area contributed by atoms with E-state index in [9.17, 15) is 0 Å². The van der Waals surface area contributed by atoms with E-state index < -0.39 is 0 Å². The zero-order valence-electron chi connectivity index (χ0n) is 5.54. The molecule has 0 saturated heterocycles. The second-order valence-corrected chi connectivity index (χ2v) is 8.70. The van der Waals surface area contributed by atoms with E-state index in [1.165, 1.54) is 19.3 Å². The predicted octanol–water partition coefficient (Wildman–Crippen LogP) is 2.73. The van der Waals surface area contributed by atoms with Crippen LogP contribution >= 0.6 is 0 Å². The molecule has 0 aromatic rings. The van der Waals surface area contributed by atoms with Gasteiger partial charge in [-0.25, -0.2) is 0 Å². The van der Waals surface area contributed by atoms with Crippen molar-refractivity contribution in [2.45, 2.75) is 34.5 Å². The zero-order chi connectivity index (χ0) is 5.54. The molecule has 0 aliphatic heterocycles. The normalized spacial score (nSPS) is 8.29. The molecule has 0 radical (unpaired) electrons. The van der Waals surface area contributed by atoms with Gasteiger partial charge in [0.1, 0.15) is 0 Å². The van der Waals surface area contributed by atoms with Crippen LogP contribution in [0.3, 0.4) is 0 Å².